The van der Waals surface area contributed by atoms with Crippen molar-refractivity contribution in [2.24, 2.45) is 0 Å². The van der Waals surface area contributed by atoms with Crippen LogP contribution in [0.15, 0.2) is 60.7 Å². The van der Waals surface area contributed by atoms with Gasteiger partial charge in [0.05, 0.1) is 25.5 Å². The van der Waals surface area contributed by atoms with Gasteiger partial charge in [-0.1, -0.05) is 24.3 Å². The molecule has 0 fully saturated rings. The summed E-state index contributed by atoms with van der Waals surface area (Å²) < 4.78 is 16.2. The largest absolute Gasteiger partial charge is 0.493 e. The van der Waals surface area contributed by atoms with E-state index in [1.54, 1.807) is 38.5 Å². The zero-order chi connectivity index (χ0) is 24.5. The molecule has 0 heterocycles. The number of nitrogens with one attached hydrogen (secondary N) is 2. The minimum Gasteiger partial charge on any atom is -0.493 e. The summed E-state index contributed by atoms with van der Waals surface area (Å²) in [7, 11) is 3.17. The highest BCUT2D eigenvalue weighted by Gasteiger charge is 2.14. The lowest BCUT2D eigenvalue weighted by molar-refractivity contribution is -0.118. The number of anilines is 1. The van der Waals surface area contributed by atoms with E-state index in [0.717, 1.165) is 16.7 Å². The van der Waals surface area contributed by atoms with Crippen molar-refractivity contribution in [3.05, 3.63) is 82.9 Å². The van der Waals surface area contributed by atoms with Gasteiger partial charge in [0.2, 0.25) is 0 Å². The number of hydrogen-bond donors (Lipinski definition) is 2. The first-order valence-electron chi connectivity index (χ1n) is 11.0. The van der Waals surface area contributed by atoms with E-state index in [9.17, 15) is 9.59 Å². The second-order valence-electron chi connectivity index (χ2n) is 7.90. The topological polar surface area (TPSA) is 85.9 Å². The Kier molecular flexibility index (Phi) is 8.51. The van der Waals surface area contributed by atoms with Crippen molar-refractivity contribution in [1.82, 2.24) is 5.32 Å². The summed E-state index contributed by atoms with van der Waals surface area (Å²) in [5, 5.41) is 5.68. The Morgan fingerprint density at radius 2 is 1.56 bits per heavy atom. The highest BCUT2D eigenvalue weighted by atomic mass is 16.5. The summed E-state index contributed by atoms with van der Waals surface area (Å²) in [5.41, 5.74) is 3.94. The van der Waals surface area contributed by atoms with E-state index in [1.807, 2.05) is 50.2 Å². The Balaban J connectivity index is 1.56. The van der Waals surface area contributed by atoms with Crippen LogP contribution >= 0.6 is 0 Å². The van der Waals surface area contributed by atoms with Gasteiger partial charge in [0.25, 0.3) is 11.8 Å². The number of carbonyl (C=O) groups excluding carboxylic acids is 2. The van der Waals surface area contributed by atoms with Crippen molar-refractivity contribution in [2.75, 3.05) is 32.7 Å². The third kappa shape index (κ3) is 6.75. The highest BCUT2D eigenvalue weighted by Crippen LogP contribution is 2.27. The number of hydrogen-bond acceptors (Lipinski definition) is 5. The minimum atomic E-state index is -0.343. The summed E-state index contributed by atoms with van der Waals surface area (Å²) in [6.07, 6.45) is 0.615. The van der Waals surface area contributed by atoms with Gasteiger partial charge in [-0.25, -0.2) is 0 Å². The average Bonchev–Trinajstić information content (AvgIpc) is 2.82. The third-order valence-electron chi connectivity index (χ3n) is 5.16. The van der Waals surface area contributed by atoms with E-state index in [-0.39, 0.29) is 18.4 Å². The molecule has 0 atom stereocenters. The third-order valence-corrected chi connectivity index (χ3v) is 5.16. The monoisotopic (exact) mass is 462 g/mol. The van der Waals surface area contributed by atoms with E-state index >= 15 is 0 Å². The Labute approximate surface area is 200 Å². The number of ether oxygens (including phenoxy) is 3. The first-order valence-corrected chi connectivity index (χ1v) is 11.0. The molecule has 7 nitrogen and oxygen atoms in total. The molecule has 0 aromatic heterocycles. The number of carbonyl (C=O) groups is 2. The van der Waals surface area contributed by atoms with Crippen LogP contribution in [0.25, 0.3) is 0 Å². The Bertz CT molecular complexity index is 1140. The van der Waals surface area contributed by atoms with Crippen LogP contribution in [0.4, 0.5) is 5.69 Å². The van der Waals surface area contributed by atoms with Gasteiger partial charge in [-0.05, 0) is 73.4 Å². The first kappa shape index (κ1) is 24.6. The van der Waals surface area contributed by atoms with E-state index in [4.69, 9.17) is 14.2 Å². The molecule has 0 aliphatic heterocycles. The van der Waals surface area contributed by atoms with Gasteiger partial charge < -0.3 is 24.8 Å². The van der Waals surface area contributed by atoms with Gasteiger partial charge in [-0.3, -0.25) is 9.59 Å². The van der Waals surface area contributed by atoms with Gasteiger partial charge in [-0.2, -0.15) is 0 Å². The maximum absolute atomic E-state index is 12.8. The van der Waals surface area contributed by atoms with E-state index in [0.29, 0.717) is 41.5 Å². The molecule has 34 heavy (non-hydrogen) atoms. The molecule has 0 unspecified atom stereocenters. The van der Waals surface area contributed by atoms with Gasteiger partial charge in [0.1, 0.15) is 5.75 Å². The molecular weight excluding hydrogens is 432 g/mol. The van der Waals surface area contributed by atoms with Crippen LogP contribution in [0.3, 0.4) is 0 Å². The predicted molar refractivity (Wildman–Crippen MR) is 132 cm³/mol. The first-order chi connectivity index (χ1) is 16.4. The van der Waals surface area contributed by atoms with E-state index in [1.165, 1.54) is 0 Å². The van der Waals surface area contributed by atoms with Crippen LogP contribution in [0, 0.1) is 13.8 Å². The lowest BCUT2D eigenvalue weighted by atomic mass is 10.1. The van der Waals surface area contributed by atoms with Gasteiger partial charge >= 0.3 is 0 Å². The number of methoxy groups -OCH3 is 2. The molecule has 0 spiro atoms. The summed E-state index contributed by atoms with van der Waals surface area (Å²) in [6, 6.07) is 18.3. The number of para-hydroxylation sites is 1. The average molecular weight is 463 g/mol. The summed E-state index contributed by atoms with van der Waals surface area (Å²) in [4.78, 5) is 25.2. The summed E-state index contributed by atoms with van der Waals surface area (Å²) in [6.45, 7) is 4.21. The van der Waals surface area contributed by atoms with Crippen molar-refractivity contribution in [3.63, 3.8) is 0 Å². The van der Waals surface area contributed by atoms with Crippen LogP contribution in [0.5, 0.6) is 17.2 Å². The maximum atomic E-state index is 12.8. The predicted octanol–water partition coefficient (Wildman–Crippen LogP) is 4.31. The second kappa shape index (κ2) is 11.7. The lowest BCUT2D eigenvalue weighted by Gasteiger charge is -2.13. The normalized spacial score (nSPS) is 10.4. The number of rotatable bonds is 10. The summed E-state index contributed by atoms with van der Waals surface area (Å²) in [5.74, 6) is 1.31. The SMILES string of the molecule is COc1ccc(CCNC(=O)c2ccccc2NC(=O)COc2cc(C)cc(C)c2)cc1OC. The van der Waals surface area contributed by atoms with Gasteiger partial charge in [-0.15, -0.1) is 0 Å². The number of amides is 2. The molecule has 0 saturated heterocycles. The molecule has 0 bridgehead atoms. The maximum Gasteiger partial charge on any atom is 0.262 e. The Morgan fingerprint density at radius 1 is 0.853 bits per heavy atom. The van der Waals surface area contributed by atoms with Crippen molar-refractivity contribution in [3.8, 4) is 17.2 Å². The summed E-state index contributed by atoms with van der Waals surface area (Å²) >= 11 is 0. The van der Waals surface area contributed by atoms with Crippen LogP contribution in [0.1, 0.15) is 27.0 Å². The molecule has 0 aliphatic rings. The fraction of sp³-hybridized carbons (Fsp3) is 0.259. The number of aryl methyl sites for hydroxylation is 2. The van der Waals surface area contributed by atoms with Gasteiger partial charge in [0.15, 0.2) is 18.1 Å². The zero-order valence-electron chi connectivity index (χ0n) is 19.9. The number of benzene rings is 3. The van der Waals surface area contributed by atoms with Gasteiger partial charge in [0, 0.05) is 6.54 Å². The smallest absolute Gasteiger partial charge is 0.262 e. The zero-order valence-corrected chi connectivity index (χ0v) is 19.9. The Hall–Kier alpha value is -4.00. The molecule has 3 rings (SSSR count). The van der Waals surface area contributed by atoms with Crippen LogP contribution in [-0.4, -0.2) is 39.2 Å². The molecule has 0 radical (unpaired) electrons. The van der Waals surface area contributed by atoms with Crippen molar-refractivity contribution >= 4 is 17.5 Å². The van der Waals surface area contributed by atoms with Crippen molar-refractivity contribution in [1.29, 1.82) is 0 Å². The van der Waals surface area contributed by atoms with Crippen molar-refractivity contribution in [2.45, 2.75) is 20.3 Å². The molecule has 2 amide bonds. The fourth-order valence-electron chi connectivity index (χ4n) is 3.59. The van der Waals surface area contributed by atoms with Crippen molar-refractivity contribution < 1.29 is 23.8 Å². The second-order valence-corrected chi connectivity index (χ2v) is 7.90. The fourth-order valence-corrected chi connectivity index (χ4v) is 3.59. The van der Waals surface area contributed by atoms with E-state index < -0.39 is 0 Å². The standard InChI is InChI=1S/C27H30N2O5/c1-18-13-19(2)15-21(14-18)34-17-26(30)29-23-8-6-5-7-22(23)27(31)28-12-11-20-9-10-24(32-3)25(16-20)33-4/h5-10,13-16H,11-12,17H2,1-4H3,(H,28,31)(H,29,30). The Morgan fingerprint density at radius 3 is 2.26 bits per heavy atom. The molecule has 2 N–H and O–H groups in total. The van der Waals surface area contributed by atoms with Crippen LogP contribution in [0.2, 0.25) is 0 Å². The quantitative estimate of drug-likeness (QED) is 0.469. The minimum absolute atomic E-state index is 0.155. The molecule has 0 saturated carbocycles. The highest BCUT2D eigenvalue weighted by molar-refractivity contribution is 6.04. The van der Waals surface area contributed by atoms with E-state index in [2.05, 4.69) is 10.6 Å². The molecule has 3 aromatic rings. The van der Waals surface area contributed by atoms with Crippen LogP contribution in [-0.2, 0) is 11.2 Å². The molecular formula is C27H30N2O5. The molecule has 0 aliphatic carbocycles. The molecule has 7 heteroatoms. The van der Waals surface area contributed by atoms with Crippen LogP contribution < -0.4 is 24.8 Å². The molecule has 3 aromatic carbocycles. The molecule has 178 valence electrons. The lowest BCUT2D eigenvalue weighted by Crippen LogP contribution is -2.28.